The fraction of sp³-hybridized carbons (Fsp3) is 0.300. The van der Waals surface area contributed by atoms with Crippen molar-refractivity contribution >= 4 is 27.5 Å². The largest absolute Gasteiger partial charge is 0.493 e. The zero-order valence-electron chi connectivity index (χ0n) is 16.3. The third-order valence-electron chi connectivity index (χ3n) is 4.61. The molecule has 0 atom stereocenters. The second-order valence-corrected chi connectivity index (χ2v) is 8.38. The molecule has 9 heteroatoms. The molecule has 3 rings (SSSR count). The average Bonchev–Trinajstić information content (AvgIpc) is 3.14. The summed E-state index contributed by atoms with van der Waals surface area (Å²) in [5.41, 5.74) is 1.84. The van der Waals surface area contributed by atoms with Gasteiger partial charge in [-0.25, -0.2) is 13.2 Å². The number of methoxy groups -OCH3 is 2. The standard InChI is InChI=1S/C20H21NO7S/c1-26-18-6-4-5-15(19(18)27-2)20(23)28-12-17(22)14-7-8-16-13(11-14)9-10-21(16)29(3,24)25/h4-8,11H,9-10,12H2,1-3H3. The Morgan fingerprint density at radius 2 is 1.86 bits per heavy atom. The molecule has 1 heterocycles. The highest BCUT2D eigenvalue weighted by Crippen LogP contribution is 2.32. The van der Waals surface area contributed by atoms with Crippen molar-refractivity contribution in [2.75, 3.05) is 37.9 Å². The number of fused-ring (bicyclic) bond motifs is 1. The molecule has 1 aliphatic heterocycles. The highest BCUT2D eigenvalue weighted by Gasteiger charge is 2.27. The molecule has 0 radical (unpaired) electrons. The van der Waals surface area contributed by atoms with Crippen LogP contribution >= 0.6 is 0 Å². The molecule has 2 aromatic carbocycles. The van der Waals surface area contributed by atoms with Gasteiger partial charge in [-0.2, -0.15) is 0 Å². The molecule has 154 valence electrons. The molecular formula is C20H21NO7S. The maximum absolute atomic E-state index is 12.5. The van der Waals surface area contributed by atoms with E-state index in [2.05, 4.69) is 0 Å². The number of hydrogen-bond donors (Lipinski definition) is 0. The highest BCUT2D eigenvalue weighted by molar-refractivity contribution is 7.92. The number of ketones is 1. The van der Waals surface area contributed by atoms with Crippen molar-refractivity contribution in [1.82, 2.24) is 0 Å². The molecule has 0 saturated heterocycles. The van der Waals surface area contributed by atoms with E-state index in [1.165, 1.54) is 30.7 Å². The third-order valence-corrected chi connectivity index (χ3v) is 5.79. The van der Waals surface area contributed by atoms with Crippen molar-refractivity contribution in [3.63, 3.8) is 0 Å². The van der Waals surface area contributed by atoms with Gasteiger partial charge in [0.15, 0.2) is 23.9 Å². The Balaban J connectivity index is 1.72. The summed E-state index contributed by atoms with van der Waals surface area (Å²) >= 11 is 0. The minimum Gasteiger partial charge on any atom is -0.493 e. The Morgan fingerprint density at radius 1 is 1.10 bits per heavy atom. The first-order valence-corrected chi connectivity index (χ1v) is 10.6. The summed E-state index contributed by atoms with van der Waals surface area (Å²) < 4.78 is 40.4. The number of carbonyl (C=O) groups excluding carboxylic acids is 2. The lowest BCUT2D eigenvalue weighted by molar-refractivity contribution is 0.0471. The van der Waals surface area contributed by atoms with Crippen LogP contribution in [0, 0.1) is 0 Å². The molecule has 0 unspecified atom stereocenters. The van der Waals surface area contributed by atoms with Crippen LogP contribution in [0.5, 0.6) is 11.5 Å². The fourth-order valence-corrected chi connectivity index (χ4v) is 4.19. The van der Waals surface area contributed by atoms with E-state index < -0.39 is 22.6 Å². The lowest BCUT2D eigenvalue weighted by atomic mass is 10.1. The summed E-state index contributed by atoms with van der Waals surface area (Å²) in [7, 11) is -0.496. The van der Waals surface area contributed by atoms with E-state index in [0.717, 1.165) is 11.8 Å². The number of rotatable bonds is 7. The van der Waals surface area contributed by atoms with E-state index in [9.17, 15) is 18.0 Å². The molecule has 0 bridgehead atoms. The van der Waals surface area contributed by atoms with E-state index in [-0.39, 0.29) is 17.1 Å². The predicted molar refractivity (Wildman–Crippen MR) is 106 cm³/mol. The van der Waals surface area contributed by atoms with Crippen LogP contribution in [0.2, 0.25) is 0 Å². The van der Waals surface area contributed by atoms with Crippen LogP contribution in [-0.2, 0) is 21.2 Å². The number of para-hydroxylation sites is 1. The Morgan fingerprint density at radius 3 is 2.52 bits per heavy atom. The monoisotopic (exact) mass is 419 g/mol. The molecule has 1 aliphatic rings. The number of benzene rings is 2. The number of nitrogens with zero attached hydrogens (tertiary/aromatic N) is 1. The first-order chi connectivity index (χ1) is 13.8. The normalized spacial score (nSPS) is 13.0. The van der Waals surface area contributed by atoms with E-state index in [4.69, 9.17) is 14.2 Å². The number of hydrogen-bond acceptors (Lipinski definition) is 7. The van der Waals surface area contributed by atoms with Gasteiger partial charge in [-0.1, -0.05) is 6.07 Å². The Labute approximate surface area is 169 Å². The molecule has 0 spiro atoms. The summed E-state index contributed by atoms with van der Waals surface area (Å²) in [5.74, 6) is -0.493. The zero-order chi connectivity index (χ0) is 21.2. The van der Waals surface area contributed by atoms with Crippen molar-refractivity contribution in [3.8, 4) is 11.5 Å². The van der Waals surface area contributed by atoms with Gasteiger partial charge in [-0.15, -0.1) is 0 Å². The second-order valence-electron chi connectivity index (χ2n) is 6.47. The summed E-state index contributed by atoms with van der Waals surface area (Å²) in [4.78, 5) is 24.9. The van der Waals surface area contributed by atoms with Gasteiger partial charge in [0.2, 0.25) is 10.0 Å². The first kappa shape index (κ1) is 20.7. The van der Waals surface area contributed by atoms with Crippen LogP contribution < -0.4 is 13.8 Å². The molecule has 0 saturated carbocycles. The smallest absolute Gasteiger partial charge is 0.342 e. The Hall–Kier alpha value is -3.07. The van der Waals surface area contributed by atoms with E-state index in [0.29, 0.717) is 30.0 Å². The van der Waals surface area contributed by atoms with Crippen molar-refractivity contribution < 1.29 is 32.2 Å². The van der Waals surface area contributed by atoms with Gasteiger partial charge in [-0.05, 0) is 42.3 Å². The van der Waals surface area contributed by atoms with E-state index in [1.807, 2.05) is 0 Å². The Kier molecular flexibility index (Phi) is 5.78. The van der Waals surface area contributed by atoms with Crippen LogP contribution in [0.15, 0.2) is 36.4 Å². The highest BCUT2D eigenvalue weighted by atomic mass is 32.2. The van der Waals surface area contributed by atoms with Gasteiger partial charge in [0.05, 0.1) is 26.2 Å². The number of carbonyl (C=O) groups is 2. The molecule has 0 aromatic heterocycles. The first-order valence-electron chi connectivity index (χ1n) is 8.78. The van der Waals surface area contributed by atoms with Crippen LogP contribution in [0.1, 0.15) is 26.3 Å². The number of esters is 1. The molecule has 0 amide bonds. The van der Waals surface area contributed by atoms with E-state index in [1.54, 1.807) is 24.3 Å². The van der Waals surface area contributed by atoms with Gasteiger partial charge >= 0.3 is 5.97 Å². The second kappa shape index (κ2) is 8.12. The minimum atomic E-state index is -3.36. The number of ether oxygens (including phenoxy) is 3. The van der Waals surface area contributed by atoms with Crippen molar-refractivity contribution in [1.29, 1.82) is 0 Å². The van der Waals surface area contributed by atoms with Crippen LogP contribution in [-0.4, -0.2) is 53.8 Å². The van der Waals surface area contributed by atoms with Crippen LogP contribution in [0.4, 0.5) is 5.69 Å². The predicted octanol–water partition coefficient (Wildman–Crippen LogP) is 2.07. The summed E-state index contributed by atoms with van der Waals surface area (Å²) in [6.07, 6.45) is 1.66. The third kappa shape index (κ3) is 4.19. The molecule has 29 heavy (non-hydrogen) atoms. The van der Waals surface area contributed by atoms with Gasteiger partial charge < -0.3 is 14.2 Å². The quantitative estimate of drug-likeness (QED) is 0.500. The molecule has 0 fully saturated rings. The van der Waals surface area contributed by atoms with Crippen LogP contribution in [0.3, 0.4) is 0 Å². The lowest BCUT2D eigenvalue weighted by Gasteiger charge is -2.16. The fourth-order valence-electron chi connectivity index (χ4n) is 3.23. The van der Waals surface area contributed by atoms with Crippen molar-refractivity contribution in [2.45, 2.75) is 6.42 Å². The summed E-state index contributed by atoms with van der Waals surface area (Å²) in [6.45, 7) is -0.107. The maximum Gasteiger partial charge on any atom is 0.342 e. The number of anilines is 1. The molecule has 8 nitrogen and oxygen atoms in total. The number of Topliss-reactive ketones (excluding diaryl/α,β-unsaturated/α-hetero) is 1. The van der Waals surface area contributed by atoms with Gasteiger partial charge in [-0.3, -0.25) is 9.10 Å². The molecular weight excluding hydrogens is 398 g/mol. The Bertz CT molecular complexity index is 1060. The van der Waals surface area contributed by atoms with Gasteiger partial charge in [0.1, 0.15) is 5.56 Å². The van der Waals surface area contributed by atoms with E-state index >= 15 is 0 Å². The van der Waals surface area contributed by atoms with Gasteiger partial charge in [0.25, 0.3) is 0 Å². The lowest BCUT2D eigenvalue weighted by Crippen LogP contribution is -2.27. The van der Waals surface area contributed by atoms with Crippen LogP contribution in [0.25, 0.3) is 0 Å². The average molecular weight is 419 g/mol. The topological polar surface area (TPSA) is 99.2 Å². The molecule has 2 aromatic rings. The van der Waals surface area contributed by atoms with Gasteiger partial charge in [0, 0.05) is 12.1 Å². The maximum atomic E-state index is 12.5. The summed E-state index contributed by atoms with van der Waals surface area (Å²) in [6, 6.07) is 9.55. The molecule has 0 N–H and O–H groups in total. The number of sulfonamides is 1. The molecule has 0 aliphatic carbocycles. The van der Waals surface area contributed by atoms with Crippen molar-refractivity contribution in [2.24, 2.45) is 0 Å². The zero-order valence-corrected chi connectivity index (χ0v) is 17.1. The minimum absolute atomic E-state index is 0.150. The van der Waals surface area contributed by atoms with Crippen molar-refractivity contribution in [3.05, 3.63) is 53.1 Å². The SMILES string of the molecule is COc1cccc(C(=O)OCC(=O)c2ccc3c(c2)CCN3S(C)(=O)=O)c1OC. The summed E-state index contributed by atoms with van der Waals surface area (Å²) in [5, 5.41) is 0.